The van der Waals surface area contributed by atoms with Gasteiger partial charge in [-0.15, -0.1) is 11.3 Å². The first-order chi connectivity index (χ1) is 6.77. The lowest BCUT2D eigenvalue weighted by Crippen LogP contribution is -1.91. The van der Waals surface area contributed by atoms with E-state index in [2.05, 4.69) is 32.1 Å². The normalized spacial score (nSPS) is 13.6. The summed E-state index contributed by atoms with van der Waals surface area (Å²) < 4.78 is 0.901. The minimum Gasteiger partial charge on any atom is -0.128 e. The minimum atomic E-state index is 0.648. The lowest BCUT2D eigenvalue weighted by molar-refractivity contribution is 0.686. The summed E-state index contributed by atoms with van der Waals surface area (Å²) in [7, 11) is 0. The van der Waals surface area contributed by atoms with Crippen LogP contribution in [0.25, 0.3) is 0 Å². The zero-order valence-corrected chi connectivity index (χ0v) is 10.4. The standard InChI is InChI=1S/C12H17ClS/c1-3-5-6-7-10(4-2)11-8-9-12(13)14-11/h5-6,8-10H,3-4,7H2,1-2H3/b6-5-. The molecule has 0 aliphatic carbocycles. The molecule has 0 bridgehead atoms. The third-order valence-electron chi connectivity index (χ3n) is 2.31. The second-order valence-corrected chi connectivity index (χ2v) is 5.11. The molecule has 1 unspecified atom stereocenters. The Morgan fingerprint density at radius 2 is 2.14 bits per heavy atom. The first-order valence-corrected chi connectivity index (χ1v) is 6.37. The number of hydrogen-bond acceptors (Lipinski definition) is 1. The Morgan fingerprint density at radius 3 is 2.64 bits per heavy atom. The number of allylic oxidation sites excluding steroid dienone is 2. The fourth-order valence-corrected chi connectivity index (χ4v) is 2.72. The molecular formula is C12H17ClS. The molecule has 0 saturated heterocycles. The van der Waals surface area contributed by atoms with E-state index in [1.807, 2.05) is 6.07 Å². The topological polar surface area (TPSA) is 0 Å². The van der Waals surface area contributed by atoms with Crippen LogP contribution in [0.15, 0.2) is 24.3 Å². The van der Waals surface area contributed by atoms with E-state index in [1.54, 1.807) is 11.3 Å². The molecule has 0 amide bonds. The SMILES string of the molecule is CC/C=C\CC(CC)c1ccc(Cl)s1. The Labute approximate surface area is 95.6 Å². The summed E-state index contributed by atoms with van der Waals surface area (Å²) in [5.41, 5.74) is 0. The largest absolute Gasteiger partial charge is 0.128 e. The molecule has 0 fully saturated rings. The minimum absolute atomic E-state index is 0.648. The highest BCUT2D eigenvalue weighted by molar-refractivity contribution is 7.16. The maximum absolute atomic E-state index is 5.92. The van der Waals surface area contributed by atoms with Gasteiger partial charge in [-0.1, -0.05) is 37.6 Å². The molecule has 78 valence electrons. The van der Waals surface area contributed by atoms with Gasteiger partial charge in [-0.05, 0) is 37.3 Å². The van der Waals surface area contributed by atoms with Gasteiger partial charge in [-0.2, -0.15) is 0 Å². The number of rotatable bonds is 5. The van der Waals surface area contributed by atoms with Crippen LogP contribution < -0.4 is 0 Å². The van der Waals surface area contributed by atoms with Crippen LogP contribution in [-0.4, -0.2) is 0 Å². The van der Waals surface area contributed by atoms with Crippen LogP contribution >= 0.6 is 22.9 Å². The summed E-state index contributed by atoms with van der Waals surface area (Å²) >= 11 is 7.63. The van der Waals surface area contributed by atoms with Crippen molar-refractivity contribution in [3.05, 3.63) is 33.5 Å². The molecule has 0 saturated carbocycles. The van der Waals surface area contributed by atoms with E-state index >= 15 is 0 Å². The molecule has 1 heterocycles. The summed E-state index contributed by atoms with van der Waals surface area (Å²) in [6, 6.07) is 4.15. The second kappa shape index (κ2) is 6.26. The summed E-state index contributed by atoms with van der Waals surface area (Å²) in [6.07, 6.45) is 7.97. The van der Waals surface area contributed by atoms with Gasteiger partial charge in [-0.3, -0.25) is 0 Å². The first kappa shape index (κ1) is 11.8. The highest BCUT2D eigenvalue weighted by Gasteiger charge is 2.09. The lowest BCUT2D eigenvalue weighted by Gasteiger charge is -2.09. The third-order valence-corrected chi connectivity index (χ3v) is 3.71. The predicted octanol–water partition coefficient (Wildman–Crippen LogP) is 5.25. The van der Waals surface area contributed by atoms with Crippen LogP contribution in [-0.2, 0) is 0 Å². The molecule has 0 spiro atoms. The number of thiophene rings is 1. The zero-order chi connectivity index (χ0) is 10.4. The molecule has 14 heavy (non-hydrogen) atoms. The number of hydrogen-bond donors (Lipinski definition) is 0. The molecule has 2 heteroatoms. The Morgan fingerprint density at radius 1 is 1.36 bits per heavy atom. The number of halogens is 1. The molecule has 0 aliphatic heterocycles. The van der Waals surface area contributed by atoms with Gasteiger partial charge < -0.3 is 0 Å². The molecule has 1 atom stereocenters. The summed E-state index contributed by atoms with van der Waals surface area (Å²) in [4.78, 5) is 1.42. The fraction of sp³-hybridized carbons (Fsp3) is 0.500. The monoisotopic (exact) mass is 228 g/mol. The Bertz CT molecular complexity index is 288. The highest BCUT2D eigenvalue weighted by Crippen LogP contribution is 2.32. The highest BCUT2D eigenvalue weighted by atomic mass is 35.5. The van der Waals surface area contributed by atoms with Gasteiger partial charge in [0.25, 0.3) is 0 Å². The molecule has 1 aromatic heterocycles. The van der Waals surface area contributed by atoms with Crippen molar-refractivity contribution in [2.75, 3.05) is 0 Å². The van der Waals surface area contributed by atoms with Crippen LogP contribution in [0.4, 0.5) is 0 Å². The lowest BCUT2D eigenvalue weighted by atomic mass is 10.0. The van der Waals surface area contributed by atoms with Crippen molar-refractivity contribution in [3.8, 4) is 0 Å². The van der Waals surface area contributed by atoms with Crippen LogP contribution in [0.3, 0.4) is 0 Å². The molecule has 1 rings (SSSR count). The van der Waals surface area contributed by atoms with Crippen LogP contribution in [0.5, 0.6) is 0 Å². The van der Waals surface area contributed by atoms with Crippen molar-refractivity contribution in [1.82, 2.24) is 0 Å². The van der Waals surface area contributed by atoms with Crippen LogP contribution in [0.1, 0.15) is 43.9 Å². The van der Waals surface area contributed by atoms with Gasteiger partial charge in [0.1, 0.15) is 0 Å². The van der Waals surface area contributed by atoms with E-state index < -0.39 is 0 Å². The van der Waals surface area contributed by atoms with Gasteiger partial charge in [0, 0.05) is 4.88 Å². The Kier molecular flexibility index (Phi) is 5.28. The fourth-order valence-electron chi connectivity index (χ4n) is 1.46. The summed E-state index contributed by atoms with van der Waals surface area (Å²) in [5.74, 6) is 0.648. The van der Waals surface area contributed by atoms with Crippen LogP contribution in [0.2, 0.25) is 4.34 Å². The average Bonchev–Trinajstić information content (AvgIpc) is 2.60. The van der Waals surface area contributed by atoms with Gasteiger partial charge >= 0.3 is 0 Å². The van der Waals surface area contributed by atoms with Gasteiger partial charge in [0.2, 0.25) is 0 Å². The average molecular weight is 229 g/mol. The second-order valence-electron chi connectivity index (χ2n) is 3.36. The Balaban J connectivity index is 2.58. The molecule has 0 radical (unpaired) electrons. The van der Waals surface area contributed by atoms with E-state index in [4.69, 9.17) is 11.6 Å². The van der Waals surface area contributed by atoms with E-state index in [0.717, 1.165) is 17.2 Å². The molecule has 0 aromatic carbocycles. The maximum Gasteiger partial charge on any atom is 0.0931 e. The first-order valence-electron chi connectivity index (χ1n) is 5.18. The van der Waals surface area contributed by atoms with E-state index in [1.165, 1.54) is 11.3 Å². The van der Waals surface area contributed by atoms with Crippen molar-refractivity contribution in [2.24, 2.45) is 0 Å². The molecule has 0 N–H and O–H groups in total. The van der Waals surface area contributed by atoms with Crippen molar-refractivity contribution < 1.29 is 0 Å². The Hall–Kier alpha value is -0.270. The van der Waals surface area contributed by atoms with Gasteiger partial charge in [0.05, 0.1) is 4.34 Å². The van der Waals surface area contributed by atoms with Crippen molar-refractivity contribution in [1.29, 1.82) is 0 Å². The van der Waals surface area contributed by atoms with Crippen molar-refractivity contribution in [2.45, 2.75) is 39.0 Å². The quantitative estimate of drug-likeness (QED) is 0.604. The van der Waals surface area contributed by atoms with Crippen molar-refractivity contribution in [3.63, 3.8) is 0 Å². The molecule has 0 nitrogen and oxygen atoms in total. The molecular weight excluding hydrogens is 212 g/mol. The predicted molar refractivity (Wildman–Crippen MR) is 66.4 cm³/mol. The van der Waals surface area contributed by atoms with Crippen molar-refractivity contribution >= 4 is 22.9 Å². The molecule has 1 aromatic rings. The van der Waals surface area contributed by atoms with E-state index in [0.29, 0.717) is 5.92 Å². The summed E-state index contributed by atoms with van der Waals surface area (Å²) in [5, 5.41) is 0. The maximum atomic E-state index is 5.92. The van der Waals surface area contributed by atoms with E-state index in [9.17, 15) is 0 Å². The smallest absolute Gasteiger partial charge is 0.0931 e. The van der Waals surface area contributed by atoms with Crippen LogP contribution in [0, 0.1) is 0 Å². The van der Waals surface area contributed by atoms with Gasteiger partial charge in [-0.25, -0.2) is 0 Å². The third kappa shape index (κ3) is 3.47. The molecule has 0 aliphatic rings. The van der Waals surface area contributed by atoms with Gasteiger partial charge in [0.15, 0.2) is 0 Å². The zero-order valence-electron chi connectivity index (χ0n) is 8.79. The summed E-state index contributed by atoms with van der Waals surface area (Å²) in [6.45, 7) is 4.40. The van der Waals surface area contributed by atoms with E-state index in [-0.39, 0.29) is 0 Å².